The van der Waals surface area contributed by atoms with E-state index in [4.69, 9.17) is 5.11 Å². The molecule has 0 radical (unpaired) electrons. The first kappa shape index (κ1) is 16.0. The topological polar surface area (TPSA) is 74.7 Å². The monoisotopic (exact) mass is 311 g/mol. The van der Waals surface area contributed by atoms with Gasteiger partial charge in [0.2, 0.25) is 10.0 Å². The Hall–Kier alpha value is -1.40. The molecule has 0 saturated carbocycles. The molecule has 0 atom stereocenters. The molecule has 1 fully saturated rings. The maximum absolute atomic E-state index is 12.5. The van der Waals surface area contributed by atoms with E-state index in [9.17, 15) is 13.2 Å². The molecule has 1 aromatic rings. The Kier molecular flexibility index (Phi) is 4.39. The van der Waals surface area contributed by atoms with Gasteiger partial charge < -0.3 is 5.11 Å². The third-order valence-electron chi connectivity index (χ3n) is 3.78. The van der Waals surface area contributed by atoms with Gasteiger partial charge in [0.05, 0.1) is 11.3 Å². The van der Waals surface area contributed by atoms with Crippen molar-refractivity contribution in [1.29, 1.82) is 0 Å². The summed E-state index contributed by atoms with van der Waals surface area (Å²) in [6.45, 7) is 5.21. The van der Waals surface area contributed by atoms with Gasteiger partial charge in [0, 0.05) is 13.1 Å². The van der Waals surface area contributed by atoms with Crippen molar-refractivity contribution in [2.45, 2.75) is 32.4 Å². The highest BCUT2D eigenvalue weighted by molar-refractivity contribution is 7.88. The van der Waals surface area contributed by atoms with Crippen LogP contribution in [0, 0.1) is 5.41 Å². The highest BCUT2D eigenvalue weighted by atomic mass is 32.2. The number of sulfonamides is 1. The van der Waals surface area contributed by atoms with E-state index in [2.05, 4.69) is 13.8 Å². The lowest BCUT2D eigenvalue weighted by Crippen LogP contribution is -2.43. The van der Waals surface area contributed by atoms with Crippen molar-refractivity contribution in [1.82, 2.24) is 4.31 Å². The van der Waals surface area contributed by atoms with E-state index in [-0.39, 0.29) is 16.7 Å². The van der Waals surface area contributed by atoms with Gasteiger partial charge in [-0.1, -0.05) is 26.0 Å². The molecule has 5 nitrogen and oxygen atoms in total. The van der Waals surface area contributed by atoms with Crippen LogP contribution in [0.2, 0.25) is 0 Å². The molecule has 21 heavy (non-hydrogen) atoms. The van der Waals surface area contributed by atoms with Crippen LogP contribution < -0.4 is 0 Å². The maximum atomic E-state index is 12.5. The lowest BCUT2D eigenvalue weighted by atomic mass is 9.85. The van der Waals surface area contributed by atoms with E-state index in [1.165, 1.54) is 16.4 Å². The van der Waals surface area contributed by atoms with Gasteiger partial charge in [-0.3, -0.25) is 0 Å². The number of carboxylic acid groups (broad SMARTS) is 1. The predicted molar refractivity (Wildman–Crippen MR) is 80.6 cm³/mol. The van der Waals surface area contributed by atoms with E-state index in [1.54, 1.807) is 12.1 Å². The number of carbonyl (C=O) groups is 1. The zero-order chi connectivity index (χ0) is 15.7. The van der Waals surface area contributed by atoms with Crippen molar-refractivity contribution in [3.8, 4) is 0 Å². The minimum absolute atomic E-state index is 0.00572. The summed E-state index contributed by atoms with van der Waals surface area (Å²) in [6.07, 6.45) is 1.88. The Bertz CT molecular complexity index is 637. The molecule has 1 saturated heterocycles. The predicted octanol–water partition coefficient (Wildman–Crippen LogP) is 2.34. The molecular weight excluding hydrogens is 290 g/mol. The molecule has 0 aliphatic carbocycles. The molecule has 0 bridgehead atoms. The number of rotatable bonds is 4. The van der Waals surface area contributed by atoms with Crippen LogP contribution in [0.5, 0.6) is 0 Å². The van der Waals surface area contributed by atoms with Gasteiger partial charge in [0.1, 0.15) is 0 Å². The van der Waals surface area contributed by atoms with Crippen molar-refractivity contribution >= 4 is 16.0 Å². The van der Waals surface area contributed by atoms with Gasteiger partial charge in [-0.05, 0) is 36.0 Å². The highest BCUT2D eigenvalue weighted by Crippen LogP contribution is 2.30. The minimum atomic E-state index is -3.41. The van der Waals surface area contributed by atoms with Crippen LogP contribution in [0.25, 0.3) is 0 Å². The molecular formula is C15H21NO4S. The third kappa shape index (κ3) is 4.04. The second kappa shape index (κ2) is 5.77. The number of piperidine rings is 1. The molecule has 6 heteroatoms. The Morgan fingerprint density at radius 2 is 2.10 bits per heavy atom. The largest absolute Gasteiger partial charge is 0.478 e. The van der Waals surface area contributed by atoms with Gasteiger partial charge in [-0.25, -0.2) is 17.5 Å². The van der Waals surface area contributed by atoms with Gasteiger partial charge in [-0.15, -0.1) is 0 Å². The normalized spacial score (nSPS) is 19.3. The van der Waals surface area contributed by atoms with Gasteiger partial charge in [0.15, 0.2) is 0 Å². The number of aromatic carboxylic acids is 1. The Morgan fingerprint density at radius 1 is 1.38 bits per heavy atom. The first-order valence-electron chi connectivity index (χ1n) is 7.00. The molecule has 1 aromatic carbocycles. The number of nitrogens with zero attached hydrogens (tertiary/aromatic N) is 1. The van der Waals surface area contributed by atoms with E-state index in [1.807, 2.05) is 0 Å². The number of benzene rings is 1. The van der Waals surface area contributed by atoms with Crippen LogP contribution in [0.3, 0.4) is 0 Å². The van der Waals surface area contributed by atoms with E-state index in [0.29, 0.717) is 18.7 Å². The number of hydrogen-bond donors (Lipinski definition) is 1. The molecule has 116 valence electrons. The molecule has 2 rings (SSSR count). The zero-order valence-electron chi connectivity index (χ0n) is 12.4. The Balaban J connectivity index is 2.17. The molecule has 1 aliphatic rings. The zero-order valence-corrected chi connectivity index (χ0v) is 13.2. The quantitative estimate of drug-likeness (QED) is 0.926. The summed E-state index contributed by atoms with van der Waals surface area (Å²) in [5.41, 5.74) is 0.619. The summed E-state index contributed by atoms with van der Waals surface area (Å²) < 4.78 is 26.5. The van der Waals surface area contributed by atoms with E-state index < -0.39 is 16.0 Å². The van der Waals surface area contributed by atoms with Crippen LogP contribution in [0.4, 0.5) is 0 Å². The minimum Gasteiger partial charge on any atom is -0.478 e. The summed E-state index contributed by atoms with van der Waals surface area (Å²) in [5, 5.41) is 8.97. The standard InChI is InChI=1S/C15H21NO4S/c1-15(2)7-4-8-16(11-15)21(19,20)10-12-5-3-6-13(9-12)14(17)18/h3,5-6,9H,4,7-8,10-11H2,1-2H3,(H,17,18). The number of hydrogen-bond acceptors (Lipinski definition) is 3. The second-order valence-electron chi connectivity index (χ2n) is 6.36. The van der Waals surface area contributed by atoms with Crippen LogP contribution in [-0.4, -0.2) is 36.9 Å². The first-order valence-corrected chi connectivity index (χ1v) is 8.61. The van der Waals surface area contributed by atoms with Crippen molar-refractivity contribution in [2.75, 3.05) is 13.1 Å². The summed E-state index contributed by atoms with van der Waals surface area (Å²) >= 11 is 0. The maximum Gasteiger partial charge on any atom is 0.335 e. The van der Waals surface area contributed by atoms with Crippen molar-refractivity contribution in [2.24, 2.45) is 5.41 Å². The molecule has 0 aromatic heterocycles. The van der Waals surface area contributed by atoms with Crippen molar-refractivity contribution in [3.63, 3.8) is 0 Å². The summed E-state index contributed by atoms with van der Waals surface area (Å²) in [5.74, 6) is -1.20. The first-order chi connectivity index (χ1) is 9.70. The fourth-order valence-electron chi connectivity index (χ4n) is 2.70. The fraction of sp³-hybridized carbons (Fsp3) is 0.533. The van der Waals surface area contributed by atoms with Crippen LogP contribution >= 0.6 is 0 Å². The molecule has 1 heterocycles. The van der Waals surface area contributed by atoms with Crippen molar-refractivity contribution < 1.29 is 18.3 Å². The smallest absolute Gasteiger partial charge is 0.335 e. The average Bonchev–Trinajstić information content (AvgIpc) is 2.37. The SMILES string of the molecule is CC1(C)CCCN(S(=O)(=O)Cc2cccc(C(=O)O)c2)C1. The van der Waals surface area contributed by atoms with Gasteiger partial charge in [0.25, 0.3) is 0 Å². The lowest BCUT2D eigenvalue weighted by Gasteiger charge is -2.37. The molecule has 0 unspecified atom stereocenters. The van der Waals surface area contributed by atoms with Crippen LogP contribution in [-0.2, 0) is 15.8 Å². The van der Waals surface area contributed by atoms with Crippen LogP contribution in [0.15, 0.2) is 24.3 Å². The Morgan fingerprint density at radius 3 is 2.71 bits per heavy atom. The number of carboxylic acids is 1. The van der Waals surface area contributed by atoms with Crippen molar-refractivity contribution in [3.05, 3.63) is 35.4 Å². The summed E-state index contributed by atoms with van der Waals surface area (Å²) in [6, 6.07) is 6.12. The highest BCUT2D eigenvalue weighted by Gasteiger charge is 2.33. The van der Waals surface area contributed by atoms with E-state index >= 15 is 0 Å². The second-order valence-corrected chi connectivity index (χ2v) is 8.33. The molecule has 1 aliphatic heterocycles. The Labute approximate surface area is 125 Å². The van der Waals surface area contributed by atoms with Gasteiger partial charge in [-0.2, -0.15) is 0 Å². The average molecular weight is 311 g/mol. The van der Waals surface area contributed by atoms with E-state index in [0.717, 1.165) is 12.8 Å². The molecule has 0 spiro atoms. The summed E-state index contributed by atoms with van der Waals surface area (Å²) in [7, 11) is -3.41. The summed E-state index contributed by atoms with van der Waals surface area (Å²) in [4.78, 5) is 10.9. The van der Waals surface area contributed by atoms with Crippen LogP contribution in [0.1, 0.15) is 42.6 Å². The van der Waals surface area contributed by atoms with Gasteiger partial charge >= 0.3 is 5.97 Å². The molecule has 0 amide bonds. The lowest BCUT2D eigenvalue weighted by molar-refractivity contribution is 0.0696. The molecule has 1 N–H and O–H groups in total. The third-order valence-corrected chi connectivity index (χ3v) is 5.58. The fourth-order valence-corrected chi connectivity index (χ4v) is 4.44.